The molecule has 1 aromatic rings. The fraction of sp³-hybridized carbons (Fsp3) is 0.357. The first-order valence-corrected chi connectivity index (χ1v) is 5.76. The van der Waals surface area contributed by atoms with Gasteiger partial charge in [0.2, 0.25) is 0 Å². The molecule has 96 valence electrons. The molecule has 3 N–H and O–H groups in total. The summed E-state index contributed by atoms with van der Waals surface area (Å²) in [5.74, 6) is 5.50. The maximum absolute atomic E-state index is 12.2. The Bertz CT molecular complexity index is 486. The lowest BCUT2D eigenvalue weighted by molar-refractivity contribution is 0.0766. The topological polar surface area (TPSA) is 66.6 Å². The van der Waals surface area contributed by atoms with Crippen LogP contribution in [0.2, 0.25) is 0 Å². The minimum absolute atomic E-state index is 0.0577. The van der Waals surface area contributed by atoms with E-state index < -0.39 is 0 Å². The molecule has 1 rings (SSSR count). The number of nitrogens with zero attached hydrogens (tertiary/aromatic N) is 1. The second-order valence-electron chi connectivity index (χ2n) is 4.01. The Hall–Kier alpha value is -1.83. The second kappa shape index (κ2) is 6.80. The molecule has 0 spiro atoms. The SMILES string of the molecule is Cc1ccc(C#CCN)c(C(=O)N(C)CCO)c1. The van der Waals surface area contributed by atoms with E-state index in [2.05, 4.69) is 11.8 Å². The van der Waals surface area contributed by atoms with Crippen LogP contribution in [-0.2, 0) is 0 Å². The van der Waals surface area contributed by atoms with Gasteiger partial charge in [0.25, 0.3) is 5.91 Å². The van der Waals surface area contributed by atoms with Crippen molar-refractivity contribution in [3.05, 3.63) is 34.9 Å². The number of carbonyl (C=O) groups excluding carboxylic acids is 1. The van der Waals surface area contributed by atoms with E-state index in [1.165, 1.54) is 4.90 Å². The number of likely N-dealkylation sites (N-methyl/N-ethyl adjacent to an activating group) is 1. The molecule has 0 saturated carbocycles. The summed E-state index contributed by atoms with van der Waals surface area (Å²) in [6.45, 7) is 2.42. The Morgan fingerprint density at radius 2 is 2.22 bits per heavy atom. The third kappa shape index (κ3) is 3.59. The van der Waals surface area contributed by atoms with E-state index >= 15 is 0 Å². The van der Waals surface area contributed by atoms with Crippen molar-refractivity contribution in [3.63, 3.8) is 0 Å². The molecule has 0 aliphatic heterocycles. The van der Waals surface area contributed by atoms with Crippen LogP contribution in [0, 0.1) is 18.8 Å². The number of carbonyl (C=O) groups is 1. The molecule has 0 saturated heterocycles. The van der Waals surface area contributed by atoms with Crippen LogP contribution in [0.15, 0.2) is 18.2 Å². The molecule has 1 aromatic carbocycles. The van der Waals surface area contributed by atoms with Gasteiger partial charge >= 0.3 is 0 Å². The number of hydrogen-bond donors (Lipinski definition) is 2. The van der Waals surface area contributed by atoms with Crippen molar-refractivity contribution >= 4 is 5.91 Å². The highest BCUT2D eigenvalue weighted by Crippen LogP contribution is 2.13. The number of aliphatic hydroxyl groups is 1. The Morgan fingerprint density at radius 3 is 2.83 bits per heavy atom. The van der Waals surface area contributed by atoms with Crippen molar-refractivity contribution in [2.75, 3.05) is 26.7 Å². The average molecular weight is 246 g/mol. The molecular weight excluding hydrogens is 228 g/mol. The lowest BCUT2D eigenvalue weighted by Gasteiger charge is -2.17. The summed E-state index contributed by atoms with van der Waals surface area (Å²) in [7, 11) is 1.65. The molecule has 4 nitrogen and oxygen atoms in total. The summed E-state index contributed by atoms with van der Waals surface area (Å²) in [5, 5.41) is 8.86. The molecule has 18 heavy (non-hydrogen) atoms. The standard InChI is InChI=1S/C14H18N2O2/c1-11-5-6-12(4-3-7-15)13(10-11)14(18)16(2)8-9-17/h5-6,10,17H,7-9,15H2,1-2H3. The summed E-state index contributed by atoms with van der Waals surface area (Å²) < 4.78 is 0. The summed E-state index contributed by atoms with van der Waals surface area (Å²) in [6, 6.07) is 5.53. The first-order valence-electron chi connectivity index (χ1n) is 5.76. The van der Waals surface area contributed by atoms with E-state index in [9.17, 15) is 4.79 Å². The van der Waals surface area contributed by atoms with Crippen LogP contribution >= 0.6 is 0 Å². The minimum atomic E-state index is -0.144. The zero-order valence-electron chi connectivity index (χ0n) is 10.7. The van der Waals surface area contributed by atoms with Gasteiger partial charge in [-0.3, -0.25) is 4.79 Å². The minimum Gasteiger partial charge on any atom is -0.395 e. The third-order valence-corrected chi connectivity index (χ3v) is 2.51. The summed E-state index contributed by atoms with van der Waals surface area (Å²) in [6.07, 6.45) is 0. The van der Waals surface area contributed by atoms with Crippen LogP contribution in [0.25, 0.3) is 0 Å². The Kier molecular flexibility index (Phi) is 5.37. The van der Waals surface area contributed by atoms with Gasteiger partial charge in [-0.05, 0) is 19.1 Å². The van der Waals surface area contributed by atoms with E-state index in [1.807, 2.05) is 19.1 Å². The van der Waals surface area contributed by atoms with Gasteiger partial charge < -0.3 is 15.7 Å². The summed E-state index contributed by atoms with van der Waals surface area (Å²) in [4.78, 5) is 13.7. The van der Waals surface area contributed by atoms with E-state index in [1.54, 1.807) is 13.1 Å². The van der Waals surface area contributed by atoms with Crippen LogP contribution in [0.4, 0.5) is 0 Å². The van der Waals surface area contributed by atoms with Gasteiger partial charge in [-0.2, -0.15) is 0 Å². The highest BCUT2D eigenvalue weighted by Gasteiger charge is 2.14. The zero-order chi connectivity index (χ0) is 13.5. The summed E-state index contributed by atoms with van der Waals surface area (Å²) in [5.41, 5.74) is 7.55. The first kappa shape index (κ1) is 14.2. The normalized spacial score (nSPS) is 9.56. The molecule has 0 atom stereocenters. The Balaban J connectivity index is 3.12. The maximum atomic E-state index is 12.2. The number of aryl methyl sites for hydroxylation is 1. The smallest absolute Gasteiger partial charge is 0.254 e. The number of hydrogen-bond acceptors (Lipinski definition) is 3. The van der Waals surface area contributed by atoms with Gasteiger partial charge in [0.1, 0.15) is 0 Å². The van der Waals surface area contributed by atoms with Gasteiger partial charge in [0.05, 0.1) is 18.7 Å². The maximum Gasteiger partial charge on any atom is 0.254 e. The van der Waals surface area contributed by atoms with Crippen LogP contribution in [0.3, 0.4) is 0 Å². The van der Waals surface area contributed by atoms with Crippen molar-refractivity contribution in [2.45, 2.75) is 6.92 Å². The molecule has 0 fully saturated rings. The Labute approximate surface area is 107 Å². The molecule has 4 heteroatoms. The van der Waals surface area contributed by atoms with E-state index in [0.717, 1.165) is 5.56 Å². The first-order chi connectivity index (χ1) is 8.60. The molecule has 0 bridgehead atoms. The van der Waals surface area contributed by atoms with E-state index in [-0.39, 0.29) is 19.1 Å². The molecule has 0 unspecified atom stereocenters. The monoisotopic (exact) mass is 246 g/mol. The lowest BCUT2D eigenvalue weighted by atomic mass is 10.0. The molecular formula is C14H18N2O2. The zero-order valence-corrected chi connectivity index (χ0v) is 10.7. The number of aliphatic hydroxyl groups excluding tert-OH is 1. The number of amides is 1. The Morgan fingerprint density at radius 1 is 1.50 bits per heavy atom. The van der Waals surface area contributed by atoms with Crippen molar-refractivity contribution in [1.82, 2.24) is 4.90 Å². The van der Waals surface area contributed by atoms with Gasteiger partial charge in [0, 0.05) is 19.2 Å². The van der Waals surface area contributed by atoms with Crippen molar-refractivity contribution in [1.29, 1.82) is 0 Å². The van der Waals surface area contributed by atoms with Crippen LogP contribution < -0.4 is 5.73 Å². The molecule has 0 aromatic heterocycles. The molecule has 0 aliphatic rings. The lowest BCUT2D eigenvalue weighted by Crippen LogP contribution is -2.30. The third-order valence-electron chi connectivity index (χ3n) is 2.51. The van der Waals surface area contributed by atoms with Crippen LogP contribution in [-0.4, -0.2) is 42.7 Å². The van der Waals surface area contributed by atoms with Crippen molar-refractivity contribution < 1.29 is 9.90 Å². The van der Waals surface area contributed by atoms with Gasteiger partial charge in [0.15, 0.2) is 0 Å². The average Bonchev–Trinajstić information content (AvgIpc) is 2.36. The molecule has 0 heterocycles. The van der Waals surface area contributed by atoms with Crippen LogP contribution in [0.1, 0.15) is 21.5 Å². The number of benzene rings is 1. The number of rotatable bonds is 3. The number of nitrogens with two attached hydrogens (primary N) is 1. The van der Waals surface area contributed by atoms with Gasteiger partial charge in [-0.15, -0.1) is 0 Å². The van der Waals surface area contributed by atoms with Crippen molar-refractivity contribution in [2.24, 2.45) is 5.73 Å². The molecule has 0 radical (unpaired) electrons. The summed E-state index contributed by atoms with van der Waals surface area (Å²) >= 11 is 0. The van der Waals surface area contributed by atoms with E-state index in [0.29, 0.717) is 17.7 Å². The largest absolute Gasteiger partial charge is 0.395 e. The fourth-order valence-corrected chi connectivity index (χ4v) is 1.55. The van der Waals surface area contributed by atoms with Crippen molar-refractivity contribution in [3.8, 4) is 11.8 Å². The predicted molar refractivity (Wildman–Crippen MR) is 71.2 cm³/mol. The quantitative estimate of drug-likeness (QED) is 0.757. The fourth-order valence-electron chi connectivity index (χ4n) is 1.55. The highest BCUT2D eigenvalue weighted by atomic mass is 16.3. The van der Waals surface area contributed by atoms with Gasteiger partial charge in [-0.1, -0.05) is 23.5 Å². The highest BCUT2D eigenvalue weighted by molar-refractivity contribution is 5.96. The van der Waals surface area contributed by atoms with E-state index in [4.69, 9.17) is 10.8 Å². The molecule has 1 amide bonds. The van der Waals surface area contributed by atoms with Gasteiger partial charge in [-0.25, -0.2) is 0 Å². The predicted octanol–water partition coefficient (Wildman–Crippen LogP) is 0.370. The molecule has 0 aliphatic carbocycles. The van der Waals surface area contributed by atoms with Crippen LogP contribution in [0.5, 0.6) is 0 Å². The second-order valence-corrected chi connectivity index (χ2v) is 4.01.